The van der Waals surface area contributed by atoms with E-state index in [0.717, 1.165) is 11.3 Å². The highest BCUT2D eigenvalue weighted by atomic mass is 35.5. The Bertz CT molecular complexity index is 492. The van der Waals surface area contributed by atoms with E-state index in [-0.39, 0.29) is 0 Å². The van der Waals surface area contributed by atoms with Gasteiger partial charge in [0, 0.05) is 24.5 Å². The first-order valence-electron chi connectivity index (χ1n) is 4.07. The van der Waals surface area contributed by atoms with Crippen molar-refractivity contribution < 1.29 is 0 Å². The van der Waals surface area contributed by atoms with E-state index in [1.807, 2.05) is 16.7 Å². The number of hydrogen-bond donors (Lipinski definition) is 1. The molecular formula is C9H8ClN3S. The molecule has 0 atom stereocenters. The standard InChI is InChI=1S/C9H8ClN3S/c10-7-2-1-3-13-6(4-8(11)14)5-12-9(7)13/h1-3,5H,4H2,(H2,11,14). The number of halogens is 1. The van der Waals surface area contributed by atoms with Crippen molar-refractivity contribution in [3.63, 3.8) is 0 Å². The molecule has 0 aliphatic rings. The average Bonchev–Trinajstić information content (AvgIpc) is 2.49. The fraction of sp³-hybridized carbons (Fsp3) is 0.111. The molecule has 0 aliphatic carbocycles. The molecule has 0 aromatic carbocycles. The Balaban J connectivity index is 2.58. The molecule has 72 valence electrons. The van der Waals surface area contributed by atoms with Crippen molar-refractivity contribution in [3.8, 4) is 0 Å². The van der Waals surface area contributed by atoms with Crippen LogP contribution in [0.15, 0.2) is 24.5 Å². The summed E-state index contributed by atoms with van der Waals surface area (Å²) in [6.07, 6.45) is 4.17. The van der Waals surface area contributed by atoms with Gasteiger partial charge >= 0.3 is 0 Å². The number of rotatable bonds is 2. The summed E-state index contributed by atoms with van der Waals surface area (Å²) in [5, 5.41) is 0.627. The number of nitrogens with zero attached hydrogens (tertiary/aromatic N) is 2. The minimum absolute atomic E-state index is 0.451. The van der Waals surface area contributed by atoms with Gasteiger partial charge in [0.25, 0.3) is 0 Å². The van der Waals surface area contributed by atoms with Crippen molar-refractivity contribution in [1.29, 1.82) is 0 Å². The van der Waals surface area contributed by atoms with Gasteiger partial charge in [0.2, 0.25) is 0 Å². The lowest BCUT2D eigenvalue weighted by atomic mass is 10.3. The summed E-state index contributed by atoms with van der Waals surface area (Å²) in [4.78, 5) is 4.64. The summed E-state index contributed by atoms with van der Waals surface area (Å²) >= 11 is 10.8. The average molecular weight is 226 g/mol. The van der Waals surface area contributed by atoms with E-state index in [0.29, 0.717) is 16.4 Å². The molecule has 2 rings (SSSR count). The van der Waals surface area contributed by atoms with Crippen LogP contribution in [-0.4, -0.2) is 14.4 Å². The Morgan fingerprint density at radius 1 is 1.64 bits per heavy atom. The Kier molecular flexibility index (Phi) is 2.39. The molecule has 0 aliphatic heterocycles. The van der Waals surface area contributed by atoms with Crippen LogP contribution in [0, 0.1) is 0 Å². The van der Waals surface area contributed by atoms with E-state index < -0.39 is 0 Å². The molecule has 2 N–H and O–H groups in total. The molecular weight excluding hydrogens is 218 g/mol. The number of imidazole rings is 1. The van der Waals surface area contributed by atoms with Gasteiger partial charge in [-0.15, -0.1) is 0 Å². The van der Waals surface area contributed by atoms with E-state index in [9.17, 15) is 0 Å². The first-order valence-corrected chi connectivity index (χ1v) is 4.86. The Hall–Kier alpha value is -1.13. The predicted octanol–water partition coefficient (Wildman–Crippen LogP) is 1.82. The maximum absolute atomic E-state index is 5.96. The predicted molar refractivity (Wildman–Crippen MR) is 60.7 cm³/mol. The molecule has 5 heteroatoms. The number of aromatic nitrogens is 2. The molecule has 3 nitrogen and oxygen atoms in total. The number of thiocarbonyl (C=S) groups is 1. The van der Waals surface area contributed by atoms with Crippen molar-refractivity contribution >= 4 is 34.5 Å². The van der Waals surface area contributed by atoms with Crippen LogP contribution in [0.25, 0.3) is 5.65 Å². The third-order valence-corrected chi connectivity index (χ3v) is 2.36. The Morgan fingerprint density at radius 3 is 3.14 bits per heavy atom. The maximum atomic E-state index is 5.96. The Labute approximate surface area is 91.5 Å². The largest absolute Gasteiger partial charge is 0.393 e. The van der Waals surface area contributed by atoms with Crippen molar-refractivity contribution in [2.45, 2.75) is 6.42 Å². The molecule has 0 fully saturated rings. The van der Waals surface area contributed by atoms with Gasteiger partial charge in [-0.25, -0.2) is 4.98 Å². The minimum Gasteiger partial charge on any atom is -0.393 e. The fourth-order valence-electron chi connectivity index (χ4n) is 1.34. The first-order chi connectivity index (χ1) is 6.68. The van der Waals surface area contributed by atoms with Gasteiger partial charge in [0.05, 0.1) is 10.0 Å². The van der Waals surface area contributed by atoms with Gasteiger partial charge in [-0.1, -0.05) is 23.8 Å². The van der Waals surface area contributed by atoms with Crippen molar-refractivity contribution in [2.24, 2.45) is 5.73 Å². The first kappa shape index (κ1) is 9.43. The topological polar surface area (TPSA) is 43.3 Å². The molecule has 0 spiro atoms. The number of hydrogen-bond acceptors (Lipinski definition) is 2. The van der Waals surface area contributed by atoms with E-state index in [1.54, 1.807) is 12.3 Å². The van der Waals surface area contributed by atoms with E-state index in [1.165, 1.54) is 0 Å². The quantitative estimate of drug-likeness (QED) is 0.793. The summed E-state index contributed by atoms with van der Waals surface area (Å²) in [6.45, 7) is 0. The second-order valence-electron chi connectivity index (χ2n) is 2.94. The van der Waals surface area contributed by atoms with E-state index in [4.69, 9.17) is 29.6 Å². The molecule has 0 bridgehead atoms. The van der Waals surface area contributed by atoms with Crippen LogP contribution in [0.3, 0.4) is 0 Å². The normalized spacial score (nSPS) is 10.6. The van der Waals surface area contributed by atoms with Crippen molar-refractivity contribution in [3.05, 3.63) is 35.2 Å². The summed E-state index contributed by atoms with van der Waals surface area (Å²) in [7, 11) is 0. The molecule has 2 heterocycles. The molecule has 0 saturated heterocycles. The molecule has 14 heavy (non-hydrogen) atoms. The van der Waals surface area contributed by atoms with E-state index >= 15 is 0 Å². The Morgan fingerprint density at radius 2 is 2.43 bits per heavy atom. The summed E-state index contributed by atoms with van der Waals surface area (Å²) in [5.41, 5.74) is 7.16. The summed E-state index contributed by atoms with van der Waals surface area (Å²) in [5.74, 6) is 0. The maximum Gasteiger partial charge on any atom is 0.155 e. The zero-order chi connectivity index (χ0) is 10.1. The van der Waals surface area contributed by atoms with Crippen molar-refractivity contribution in [1.82, 2.24) is 9.38 Å². The second kappa shape index (κ2) is 3.55. The molecule has 0 saturated carbocycles. The fourth-order valence-corrected chi connectivity index (χ4v) is 1.70. The van der Waals surface area contributed by atoms with Gasteiger partial charge < -0.3 is 10.1 Å². The summed E-state index contributed by atoms with van der Waals surface area (Å²) < 4.78 is 1.89. The zero-order valence-corrected chi connectivity index (χ0v) is 8.85. The van der Waals surface area contributed by atoms with Crippen LogP contribution in [-0.2, 0) is 6.42 Å². The molecule has 2 aromatic rings. The highest BCUT2D eigenvalue weighted by Crippen LogP contribution is 2.16. The van der Waals surface area contributed by atoms with Gasteiger partial charge in [0.1, 0.15) is 0 Å². The zero-order valence-electron chi connectivity index (χ0n) is 7.27. The molecule has 0 radical (unpaired) electrons. The van der Waals surface area contributed by atoms with Crippen LogP contribution >= 0.6 is 23.8 Å². The molecule has 2 aromatic heterocycles. The molecule has 0 amide bonds. The van der Waals surface area contributed by atoms with Gasteiger partial charge in [-0.05, 0) is 12.1 Å². The highest BCUT2D eigenvalue weighted by molar-refractivity contribution is 7.80. The number of fused-ring (bicyclic) bond motifs is 1. The van der Waals surface area contributed by atoms with Crippen LogP contribution in [0.5, 0.6) is 0 Å². The third-order valence-electron chi connectivity index (χ3n) is 1.92. The summed E-state index contributed by atoms with van der Waals surface area (Å²) in [6, 6.07) is 3.66. The van der Waals surface area contributed by atoms with E-state index in [2.05, 4.69) is 4.98 Å². The lowest BCUT2D eigenvalue weighted by Gasteiger charge is -2.00. The monoisotopic (exact) mass is 225 g/mol. The van der Waals surface area contributed by atoms with Crippen molar-refractivity contribution in [2.75, 3.05) is 0 Å². The lowest BCUT2D eigenvalue weighted by Crippen LogP contribution is -2.12. The smallest absolute Gasteiger partial charge is 0.155 e. The third kappa shape index (κ3) is 1.58. The van der Waals surface area contributed by atoms with Crippen LogP contribution in [0.1, 0.15) is 5.69 Å². The van der Waals surface area contributed by atoms with Gasteiger partial charge in [-0.3, -0.25) is 0 Å². The van der Waals surface area contributed by atoms with Crippen LogP contribution < -0.4 is 5.73 Å². The number of nitrogens with two attached hydrogens (primary N) is 1. The second-order valence-corrected chi connectivity index (χ2v) is 3.87. The van der Waals surface area contributed by atoms with Gasteiger partial charge in [-0.2, -0.15) is 0 Å². The minimum atomic E-state index is 0.451. The highest BCUT2D eigenvalue weighted by Gasteiger charge is 2.05. The number of pyridine rings is 1. The SMILES string of the molecule is NC(=S)Cc1cnc2c(Cl)cccn12. The molecule has 0 unspecified atom stereocenters. The van der Waals surface area contributed by atoms with Crippen LogP contribution in [0.4, 0.5) is 0 Å². The van der Waals surface area contributed by atoms with Crippen LogP contribution in [0.2, 0.25) is 5.02 Å². The lowest BCUT2D eigenvalue weighted by molar-refractivity contribution is 1.07. The van der Waals surface area contributed by atoms with Gasteiger partial charge in [0.15, 0.2) is 5.65 Å².